The quantitative estimate of drug-likeness (QED) is 0.613. The largest absolute Gasteiger partial charge is 0.496 e. The number of aryl methyl sites for hydroxylation is 1. The number of piperazine rings is 1. The maximum Gasteiger partial charge on any atom is 0.275 e. The van der Waals surface area contributed by atoms with Gasteiger partial charge in [0.2, 0.25) is 0 Å². The normalized spacial score (nSPS) is 19.2. The van der Waals surface area contributed by atoms with E-state index in [0.29, 0.717) is 13.1 Å². The topological polar surface area (TPSA) is 47.2 Å². The van der Waals surface area contributed by atoms with Crippen molar-refractivity contribution in [1.29, 1.82) is 0 Å². The molecule has 2 aromatic carbocycles. The van der Waals surface area contributed by atoms with Crippen LogP contribution in [0.1, 0.15) is 16.7 Å². The molecular formula is C22H30FN3O2+2. The Bertz CT molecular complexity index is 804. The molecule has 1 heterocycles. The third-order valence-electron chi connectivity index (χ3n) is 5.49. The number of halogens is 1. The SMILES string of the molecule is COc1ccc(F)cc1C[NH+]1CC[NH+](CC(=O)NCc2ccccc2C)CC1. The number of benzene rings is 2. The van der Waals surface area contributed by atoms with E-state index in [1.807, 2.05) is 18.2 Å². The van der Waals surface area contributed by atoms with Crippen molar-refractivity contribution in [2.45, 2.75) is 20.0 Å². The van der Waals surface area contributed by atoms with Gasteiger partial charge in [-0.25, -0.2) is 4.39 Å². The highest BCUT2D eigenvalue weighted by atomic mass is 19.1. The van der Waals surface area contributed by atoms with E-state index < -0.39 is 0 Å². The molecule has 6 heteroatoms. The van der Waals surface area contributed by atoms with Crippen LogP contribution in [0.3, 0.4) is 0 Å². The Hall–Kier alpha value is -2.44. The van der Waals surface area contributed by atoms with Crippen LogP contribution in [0.15, 0.2) is 42.5 Å². The Labute approximate surface area is 166 Å². The van der Waals surface area contributed by atoms with E-state index in [1.54, 1.807) is 19.2 Å². The molecule has 0 aliphatic carbocycles. The van der Waals surface area contributed by atoms with Crippen LogP contribution in [0.2, 0.25) is 0 Å². The van der Waals surface area contributed by atoms with Gasteiger partial charge < -0.3 is 19.9 Å². The van der Waals surface area contributed by atoms with E-state index in [-0.39, 0.29) is 11.7 Å². The van der Waals surface area contributed by atoms with E-state index in [2.05, 4.69) is 18.3 Å². The van der Waals surface area contributed by atoms with Gasteiger partial charge in [0.15, 0.2) is 6.54 Å². The predicted molar refractivity (Wildman–Crippen MR) is 106 cm³/mol. The molecule has 150 valence electrons. The Morgan fingerprint density at radius 2 is 1.79 bits per heavy atom. The zero-order chi connectivity index (χ0) is 19.9. The molecule has 0 unspecified atom stereocenters. The summed E-state index contributed by atoms with van der Waals surface area (Å²) in [6.07, 6.45) is 0. The fourth-order valence-corrected chi connectivity index (χ4v) is 3.76. The van der Waals surface area contributed by atoms with Crippen LogP contribution in [0.25, 0.3) is 0 Å². The van der Waals surface area contributed by atoms with Crippen molar-refractivity contribution in [3.63, 3.8) is 0 Å². The molecule has 28 heavy (non-hydrogen) atoms. The smallest absolute Gasteiger partial charge is 0.275 e. The number of hydrogen-bond acceptors (Lipinski definition) is 2. The molecule has 3 N–H and O–H groups in total. The highest BCUT2D eigenvalue weighted by Crippen LogP contribution is 2.18. The Kier molecular flexibility index (Phi) is 7.01. The summed E-state index contributed by atoms with van der Waals surface area (Å²) in [5, 5.41) is 3.03. The van der Waals surface area contributed by atoms with Crippen molar-refractivity contribution in [2.75, 3.05) is 39.8 Å². The van der Waals surface area contributed by atoms with Crippen LogP contribution < -0.4 is 19.9 Å². The summed E-state index contributed by atoms with van der Waals surface area (Å²) in [5.41, 5.74) is 3.25. The number of hydrogen-bond donors (Lipinski definition) is 3. The molecule has 2 aromatic rings. The van der Waals surface area contributed by atoms with Gasteiger partial charge in [0, 0.05) is 6.54 Å². The van der Waals surface area contributed by atoms with E-state index in [4.69, 9.17) is 4.74 Å². The molecule has 1 amide bonds. The number of quaternary nitrogens is 2. The first-order chi connectivity index (χ1) is 13.5. The van der Waals surface area contributed by atoms with Crippen molar-refractivity contribution >= 4 is 5.91 Å². The number of rotatable bonds is 7. The lowest BCUT2D eigenvalue weighted by Crippen LogP contribution is -3.28. The van der Waals surface area contributed by atoms with E-state index in [0.717, 1.165) is 49.6 Å². The first kappa shape index (κ1) is 20.3. The van der Waals surface area contributed by atoms with Gasteiger partial charge in [0.25, 0.3) is 5.91 Å². The Morgan fingerprint density at radius 3 is 2.50 bits per heavy atom. The van der Waals surface area contributed by atoms with Gasteiger partial charge in [-0.3, -0.25) is 4.79 Å². The van der Waals surface area contributed by atoms with Gasteiger partial charge in [-0.15, -0.1) is 0 Å². The van der Waals surface area contributed by atoms with Gasteiger partial charge in [0.1, 0.15) is 44.3 Å². The summed E-state index contributed by atoms with van der Waals surface area (Å²) in [6.45, 7) is 7.67. The standard InChI is InChI=1S/C22H28FN3O2/c1-17-5-3-4-6-18(17)14-24-22(27)16-26-11-9-25(10-12-26)15-19-13-20(23)7-8-21(19)28-2/h3-8,13H,9-12,14-16H2,1-2H3,(H,24,27)/p+2. The fraction of sp³-hybridized carbons (Fsp3) is 0.409. The lowest BCUT2D eigenvalue weighted by molar-refractivity contribution is -1.02. The highest BCUT2D eigenvalue weighted by molar-refractivity contribution is 5.76. The highest BCUT2D eigenvalue weighted by Gasteiger charge is 2.25. The number of ether oxygens (including phenoxy) is 1. The van der Waals surface area contributed by atoms with Crippen molar-refractivity contribution in [1.82, 2.24) is 5.32 Å². The molecule has 3 rings (SSSR count). The maximum atomic E-state index is 13.5. The summed E-state index contributed by atoms with van der Waals surface area (Å²) in [7, 11) is 1.61. The Morgan fingerprint density at radius 1 is 1.07 bits per heavy atom. The minimum atomic E-state index is -0.232. The second kappa shape index (κ2) is 9.66. The molecule has 0 atom stereocenters. The van der Waals surface area contributed by atoms with Crippen LogP contribution in [-0.4, -0.2) is 45.7 Å². The minimum absolute atomic E-state index is 0.0912. The molecule has 1 fully saturated rings. The molecule has 0 radical (unpaired) electrons. The maximum absolute atomic E-state index is 13.5. The molecule has 1 saturated heterocycles. The first-order valence-corrected chi connectivity index (χ1v) is 9.86. The molecule has 0 spiro atoms. The van der Waals surface area contributed by atoms with Gasteiger partial charge in [-0.2, -0.15) is 0 Å². The van der Waals surface area contributed by atoms with Gasteiger partial charge in [-0.1, -0.05) is 24.3 Å². The lowest BCUT2D eigenvalue weighted by atomic mass is 10.1. The molecule has 0 saturated carbocycles. The molecule has 1 aliphatic rings. The van der Waals surface area contributed by atoms with Gasteiger partial charge >= 0.3 is 0 Å². The number of carbonyl (C=O) groups is 1. The van der Waals surface area contributed by atoms with Crippen LogP contribution in [0.4, 0.5) is 4.39 Å². The third kappa shape index (κ3) is 5.53. The van der Waals surface area contributed by atoms with E-state index in [1.165, 1.54) is 21.4 Å². The molecular weight excluding hydrogens is 357 g/mol. The first-order valence-electron chi connectivity index (χ1n) is 9.86. The summed E-state index contributed by atoms with van der Waals surface area (Å²) in [6, 6.07) is 12.8. The molecule has 0 aromatic heterocycles. The van der Waals surface area contributed by atoms with Crippen molar-refractivity contribution in [2.24, 2.45) is 0 Å². The molecule has 1 aliphatic heterocycles. The number of methoxy groups -OCH3 is 1. The second-order valence-corrected chi connectivity index (χ2v) is 7.51. The molecule has 0 bridgehead atoms. The van der Waals surface area contributed by atoms with Crippen LogP contribution >= 0.6 is 0 Å². The van der Waals surface area contributed by atoms with Crippen molar-refractivity contribution in [3.05, 3.63) is 65.0 Å². The van der Waals surface area contributed by atoms with Crippen molar-refractivity contribution in [3.8, 4) is 5.75 Å². The summed E-state index contributed by atoms with van der Waals surface area (Å²) in [5.74, 6) is 0.595. The lowest BCUT2D eigenvalue weighted by Gasteiger charge is -2.29. The van der Waals surface area contributed by atoms with Crippen LogP contribution in [-0.2, 0) is 17.9 Å². The zero-order valence-electron chi connectivity index (χ0n) is 16.7. The summed E-state index contributed by atoms with van der Waals surface area (Å²) < 4.78 is 18.9. The van der Waals surface area contributed by atoms with Crippen LogP contribution in [0, 0.1) is 12.7 Å². The average Bonchev–Trinajstić information content (AvgIpc) is 2.69. The Balaban J connectivity index is 1.43. The second-order valence-electron chi connectivity index (χ2n) is 7.51. The number of amides is 1. The van der Waals surface area contributed by atoms with Gasteiger partial charge in [0.05, 0.1) is 12.7 Å². The predicted octanol–water partition coefficient (Wildman–Crippen LogP) is -0.257. The summed E-state index contributed by atoms with van der Waals surface area (Å²) >= 11 is 0. The number of carbonyl (C=O) groups excluding carboxylic acids is 1. The average molecular weight is 387 g/mol. The van der Waals surface area contributed by atoms with E-state index in [9.17, 15) is 9.18 Å². The van der Waals surface area contributed by atoms with Gasteiger partial charge in [-0.05, 0) is 36.2 Å². The summed E-state index contributed by atoms with van der Waals surface area (Å²) in [4.78, 5) is 15.0. The van der Waals surface area contributed by atoms with Crippen LogP contribution in [0.5, 0.6) is 5.75 Å². The monoisotopic (exact) mass is 387 g/mol. The zero-order valence-corrected chi connectivity index (χ0v) is 16.7. The molecule has 5 nitrogen and oxygen atoms in total. The minimum Gasteiger partial charge on any atom is -0.496 e. The third-order valence-corrected chi connectivity index (χ3v) is 5.49. The van der Waals surface area contributed by atoms with E-state index >= 15 is 0 Å². The fourth-order valence-electron chi connectivity index (χ4n) is 3.76. The number of nitrogens with one attached hydrogen (secondary N) is 3. The van der Waals surface area contributed by atoms with Crippen molar-refractivity contribution < 1.29 is 23.7 Å².